The molecule has 136 valence electrons. The van der Waals surface area contributed by atoms with Crippen molar-refractivity contribution in [2.45, 2.75) is 25.8 Å². The van der Waals surface area contributed by atoms with Crippen LogP contribution in [-0.2, 0) is 4.79 Å². The summed E-state index contributed by atoms with van der Waals surface area (Å²) < 4.78 is 11.0. The second kappa shape index (κ2) is 6.96. The molecular weight excluding hydrogens is 332 g/mol. The van der Waals surface area contributed by atoms with Crippen molar-refractivity contribution in [2.75, 3.05) is 19.9 Å². The van der Waals surface area contributed by atoms with Crippen LogP contribution in [0.25, 0.3) is 0 Å². The average molecular weight is 354 g/mol. The van der Waals surface area contributed by atoms with Gasteiger partial charge in [0.15, 0.2) is 11.5 Å². The maximum Gasteiger partial charge on any atom is 0.306 e. The van der Waals surface area contributed by atoms with Crippen LogP contribution < -0.4 is 9.47 Å². The average Bonchev–Trinajstić information content (AvgIpc) is 3.12. The van der Waals surface area contributed by atoms with Crippen LogP contribution in [-0.4, -0.2) is 40.8 Å². The quantitative estimate of drug-likeness (QED) is 0.910. The zero-order valence-electron chi connectivity index (χ0n) is 14.7. The van der Waals surface area contributed by atoms with Crippen molar-refractivity contribution in [3.8, 4) is 11.5 Å². The lowest BCUT2D eigenvalue weighted by molar-refractivity contribution is -0.143. The summed E-state index contributed by atoms with van der Waals surface area (Å²) in [6, 6.07) is 10.1. The van der Waals surface area contributed by atoms with Gasteiger partial charge in [-0.05, 0) is 62.2 Å². The van der Waals surface area contributed by atoms with Gasteiger partial charge in [-0.1, -0.05) is 12.1 Å². The van der Waals surface area contributed by atoms with E-state index >= 15 is 0 Å². The molecule has 0 bridgehead atoms. The minimum Gasteiger partial charge on any atom is -0.481 e. The van der Waals surface area contributed by atoms with E-state index in [9.17, 15) is 9.90 Å². The SMILES string of the molecule is Cc1ccc(C(c2ccc3c(c2)OCO3)N2CCC(C(=O)O)CC2)nc1. The summed E-state index contributed by atoms with van der Waals surface area (Å²) in [6.07, 6.45) is 3.18. The second-order valence-corrected chi connectivity index (χ2v) is 6.92. The lowest BCUT2D eigenvalue weighted by Crippen LogP contribution is -2.39. The van der Waals surface area contributed by atoms with Gasteiger partial charge >= 0.3 is 5.97 Å². The van der Waals surface area contributed by atoms with Gasteiger partial charge < -0.3 is 14.6 Å². The maximum atomic E-state index is 11.3. The third-order valence-corrected chi connectivity index (χ3v) is 5.17. The molecule has 1 saturated heterocycles. The van der Waals surface area contributed by atoms with Crippen LogP contribution in [0.5, 0.6) is 11.5 Å². The fourth-order valence-corrected chi connectivity index (χ4v) is 3.70. The van der Waals surface area contributed by atoms with Crippen LogP contribution in [0, 0.1) is 12.8 Å². The van der Waals surface area contributed by atoms with E-state index < -0.39 is 5.97 Å². The Morgan fingerprint density at radius 3 is 2.65 bits per heavy atom. The number of carboxylic acid groups (broad SMARTS) is 1. The highest BCUT2D eigenvalue weighted by molar-refractivity contribution is 5.70. The Kier molecular flexibility index (Phi) is 4.51. The number of aromatic nitrogens is 1. The van der Waals surface area contributed by atoms with Gasteiger partial charge in [0.2, 0.25) is 6.79 Å². The third kappa shape index (κ3) is 3.24. The highest BCUT2D eigenvalue weighted by Crippen LogP contribution is 2.38. The second-order valence-electron chi connectivity index (χ2n) is 6.92. The molecule has 0 saturated carbocycles. The lowest BCUT2D eigenvalue weighted by Gasteiger charge is -2.36. The molecule has 1 aromatic carbocycles. The molecule has 2 aliphatic heterocycles. The van der Waals surface area contributed by atoms with Crippen LogP contribution >= 0.6 is 0 Å². The smallest absolute Gasteiger partial charge is 0.306 e. The number of carboxylic acids is 1. The van der Waals surface area contributed by atoms with E-state index in [-0.39, 0.29) is 18.8 Å². The Balaban J connectivity index is 1.66. The van der Waals surface area contributed by atoms with E-state index in [0.29, 0.717) is 12.8 Å². The van der Waals surface area contributed by atoms with Gasteiger partial charge in [-0.15, -0.1) is 0 Å². The van der Waals surface area contributed by atoms with Crippen molar-refractivity contribution in [2.24, 2.45) is 5.92 Å². The summed E-state index contributed by atoms with van der Waals surface area (Å²) >= 11 is 0. The summed E-state index contributed by atoms with van der Waals surface area (Å²) in [5.41, 5.74) is 3.16. The van der Waals surface area contributed by atoms with Crippen molar-refractivity contribution in [3.63, 3.8) is 0 Å². The Hall–Kier alpha value is -2.60. The van der Waals surface area contributed by atoms with Crippen molar-refractivity contribution in [1.29, 1.82) is 0 Å². The zero-order chi connectivity index (χ0) is 18.1. The molecule has 6 nitrogen and oxygen atoms in total. The molecule has 0 amide bonds. The van der Waals surface area contributed by atoms with Crippen molar-refractivity contribution < 1.29 is 19.4 Å². The Morgan fingerprint density at radius 1 is 1.19 bits per heavy atom. The number of piperidine rings is 1. The maximum absolute atomic E-state index is 11.3. The Bertz CT molecular complexity index is 798. The number of aryl methyl sites for hydroxylation is 1. The molecule has 0 radical (unpaired) electrons. The number of aliphatic carboxylic acids is 1. The van der Waals surface area contributed by atoms with E-state index in [2.05, 4.69) is 16.0 Å². The molecule has 1 fully saturated rings. The first-order valence-electron chi connectivity index (χ1n) is 8.91. The van der Waals surface area contributed by atoms with Crippen LogP contribution in [0.4, 0.5) is 0 Å². The number of pyridine rings is 1. The van der Waals surface area contributed by atoms with E-state index in [4.69, 9.17) is 9.47 Å². The summed E-state index contributed by atoms with van der Waals surface area (Å²) in [6.45, 7) is 3.72. The zero-order valence-corrected chi connectivity index (χ0v) is 14.7. The van der Waals surface area contributed by atoms with Crippen LogP contribution in [0.2, 0.25) is 0 Å². The van der Waals surface area contributed by atoms with Gasteiger partial charge in [-0.3, -0.25) is 14.7 Å². The molecule has 2 aromatic rings. The number of carbonyl (C=O) groups is 1. The summed E-state index contributed by atoms with van der Waals surface area (Å²) in [5, 5.41) is 9.27. The highest BCUT2D eigenvalue weighted by atomic mass is 16.7. The molecule has 2 aliphatic rings. The summed E-state index contributed by atoms with van der Waals surface area (Å²) in [5.74, 6) is 0.557. The number of nitrogens with zero attached hydrogens (tertiary/aromatic N) is 2. The van der Waals surface area contributed by atoms with Crippen LogP contribution in [0.3, 0.4) is 0 Å². The van der Waals surface area contributed by atoms with Crippen molar-refractivity contribution >= 4 is 5.97 Å². The standard InChI is InChI=1S/C20H22N2O4/c1-13-2-4-16(21-11-13)19(22-8-6-14(7-9-22)20(23)24)15-3-5-17-18(10-15)26-12-25-17/h2-5,10-11,14,19H,6-9,12H2,1H3,(H,23,24). The minimum atomic E-state index is -0.697. The van der Waals surface area contributed by atoms with E-state index in [1.54, 1.807) is 0 Å². The molecule has 1 N–H and O–H groups in total. The molecule has 1 aromatic heterocycles. The summed E-state index contributed by atoms with van der Waals surface area (Å²) in [7, 11) is 0. The lowest BCUT2D eigenvalue weighted by atomic mass is 9.93. The first-order chi connectivity index (χ1) is 12.6. The predicted molar refractivity (Wildman–Crippen MR) is 95.3 cm³/mol. The van der Waals surface area contributed by atoms with Crippen LogP contribution in [0.1, 0.15) is 35.7 Å². The normalized spacial score (nSPS) is 18.7. The van der Waals surface area contributed by atoms with Crippen molar-refractivity contribution in [3.05, 3.63) is 53.3 Å². The van der Waals surface area contributed by atoms with Gasteiger partial charge in [0, 0.05) is 6.20 Å². The number of hydrogen-bond acceptors (Lipinski definition) is 5. The van der Waals surface area contributed by atoms with E-state index in [0.717, 1.165) is 41.4 Å². The fourth-order valence-electron chi connectivity index (χ4n) is 3.70. The fraction of sp³-hybridized carbons (Fsp3) is 0.400. The largest absolute Gasteiger partial charge is 0.481 e. The van der Waals surface area contributed by atoms with Gasteiger partial charge in [0.25, 0.3) is 0 Å². The van der Waals surface area contributed by atoms with Gasteiger partial charge in [0.05, 0.1) is 17.7 Å². The van der Waals surface area contributed by atoms with E-state index in [1.807, 2.05) is 37.4 Å². The highest BCUT2D eigenvalue weighted by Gasteiger charge is 2.31. The van der Waals surface area contributed by atoms with Gasteiger partial charge in [0.1, 0.15) is 0 Å². The molecule has 0 spiro atoms. The molecule has 6 heteroatoms. The number of rotatable bonds is 4. The molecular formula is C20H22N2O4. The monoisotopic (exact) mass is 354 g/mol. The van der Waals surface area contributed by atoms with Crippen molar-refractivity contribution in [1.82, 2.24) is 9.88 Å². The number of hydrogen-bond donors (Lipinski definition) is 1. The van der Waals surface area contributed by atoms with Gasteiger partial charge in [-0.2, -0.15) is 0 Å². The molecule has 0 aliphatic carbocycles. The molecule has 4 rings (SSSR count). The predicted octanol–water partition coefficient (Wildman–Crippen LogP) is 3.00. The first kappa shape index (κ1) is 16.8. The molecule has 1 unspecified atom stereocenters. The summed E-state index contributed by atoms with van der Waals surface area (Å²) in [4.78, 5) is 18.2. The number of fused-ring (bicyclic) bond motifs is 1. The Morgan fingerprint density at radius 2 is 1.96 bits per heavy atom. The molecule has 1 atom stereocenters. The number of likely N-dealkylation sites (tertiary alicyclic amines) is 1. The third-order valence-electron chi connectivity index (χ3n) is 5.17. The van der Waals surface area contributed by atoms with Crippen LogP contribution in [0.15, 0.2) is 36.5 Å². The first-order valence-corrected chi connectivity index (χ1v) is 8.91. The van der Waals surface area contributed by atoms with E-state index in [1.165, 1.54) is 0 Å². The Labute approximate surface area is 152 Å². The van der Waals surface area contributed by atoms with Gasteiger partial charge in [-0.25, -0.2) is 0 Å². The minimum absolute atomic E-state index is 0.0279. The number of benzene rings is 1. The number of ether oxygens (including phenoxy) is 2. The molecule has 3 heterocycles. The topological polar surface area (TPSA) is 71.9 Å². The molecule has 26 heavy (non-hydrogen) atoms.